The number of rotatable bonds is 2. The Morgan fingerprint density at radius 3 is 2.50 bits per heavy atom. The number of phenolic OH excluding ortho intramolecular Hbond substituents is 1. The Hall–Kier alpha value is -2.56. The monoisotopic (exact) mass is 338 g/mol. The van der Waals surface area contributed by atoms with Crippen molar-refractivity contribution in [2.24, 2.45) is 0 Å². The van der Waals surface area contributed by atoms with E-state index in [1.807, 2.05) is 36.4 Å². The van der Waals surface area contributed by atoms with Crippen molar-refractivity contribution in [3.63, 3.8) is 0 Å². The second-order valence-corrected chi connectivity index (χ2v) is 6.50. The summed E-state index contributed by atoms with van der Waals surface area (Å²) in [5, 5.41) is 10.2. The minimum Gasteiger partial charge on any atom is -0.508 e. The normalized spacial score (nSPS) is 19.2. The second kappa shape index (κ2) is 5.51. The summed E-state index contributed by atoms with van der Waals surface area (Å²) in [5.41, 5.74) is 2.98. The summed E-state index contributed by atoms with van der Waals surface area (Å²) >= 11 is 6.03. The van der Waals surface area contributed by atoms with Crippen molar-refractivity contribution < 1.29 is 5.11 Å². The van der Waals surface area contributed by atoms with E-state index in [0.717, 1.165) is 34.5 Å². The maximum absolute atomic E-state index is 9.47. The fourth-order valence-electron chi connectivity index (χ4n) is 3.07. The molecule has 1 aromatic heterocycles. The Morgan fingerprint density at radius 2 is 1.79 bits per heavy atom. The quantitative estimate of drug-likeness (QED) is 0.687. The molecule has 1 aliphatic heterocycles. The number of quaternary nitrogens is 1. The number of allylic oxidation sites excluding steroid dienone is 1. The molecule has 2 aromatic carbocycles. The lowest BCUT2D eigenvalue weighted by Crippen LogP contribution is -2.38. The van der Waals surface area contributed by atoms with Crippen molar-refractivity contribution in [2.75, 3.05) is 7.05 Å². The van der Waals surface area contributed by atoms with E-state index in [-0.39, 0.29) is 5.75 Å². The molecule has 4 rings (SSSR count). The number of benzene rings is 2. The van der Waals surface area contributed by atoms with Gasteiger partial charge in [-0.15, -0.1) is 0 Å². The Morgan fingerprint density at radius 1 is 1.08 bits per heavy atom. The Labute approximate surface area is 145 Å². The number of phenols is 1. The molecule has 1 N–H and O–H groups in total. The first-order valence-electron chi connectivity index (χ1n) is 7.73. The zero-order valence-electron chi connectivity index (χ0n) is 13.2. The maximum atomic E-state index is 9.47. The van der Waals surface area contributed by atoms with Crippen LogP contribution in [0, 0.1) is 0 Å². The smallest absolute Gasteiger partial charge is 0.319 e. The van der Waals surface area contributed by atoms with Gasteiger partial charge in [0.15, 0.2) is 0 Å². The van der Waals surface area contributed by atoms with E-state index in [4.69, 9.17) is 16.6 Å². The number of halogens is 1. The molecule has 0 spiro atoms. The lowest BCUT2D eigenvalue weighted by Gasteiger charge is -2.30. The molecular formula is C19H17ClN3O+. The number of hydrogen-bond acceptors (Lipinski definition) is 2. The first-order chi connectivity index (χ1) is 11.6. The third kappa shape index (κ3) is 2.40. The predicted molar refractivity (Wildman–Crippen MR) is 97.3 cm³/mol. The lowest BCUT2D eigenvalue weighted by molar-refractivity contribution is 0.475. The summed E-state index contributed by atoms with van der Waals surface area (Å²) in [5.74, 6) is 1.20. The van der Waals surface area contributed by atoms with Crippen LogP contribution in [0.3, 0.4) is 0 Å². The van der Waals surface area contributed by atoms with Gasteiger partial charge in [-0.1, -0.05) is 11.6 Å². The van der Waals surface area contributed by atoms with Crippen LogP contribution in [-0.4, -0.2) is 21.7 Å². The highest BCUT2D eigenvalue weighted by Crippen LogP contribution is 2.37. The molecule has 1 aliphatic rings. The van der Waals surface area contributed by atoms with Gasteiger partial charge in [-0.3, -0.25) is 4.57 Å². The number of hydrogen-bond donors (Lipinski definition) is 1. The van der Waals surface area contributed by atoms with Gasteiger partial charge in [0, 0.05) is 28.9 Å². The van der Waals surface area contributed by atoms with Gasteiger partial charge in [0.2, 0.25) is 0 Å². The molecule has 2 heterocycles. The molecule has 0 saturated carbocycles. The number of imidazole rings is 1. The second-order valence-electron chi connectivity index (χ2n) is 6.06. The third-order valence-electron chi connectivity index (χ3n) is 4.40. The fraction of sp³-hybridized carbons (Fsp3) is 0.105. The molecule has 0 aliphatic carbocycles. The molecule has 0 fully saturated rings. The first-order valence-corrected chi connectivity index (χ1v) is 8.11. The molecule has 24 heavy (non-hydrogen) atoms. The van der Waals surface area contributed by atoms with Crippen LogP contribution in [0.25, 0.3) is 11.3 Å². The summed E-state index contributed by atoms with van der Waals surface area (Å²) < 4.78 is 2.63. The molecule has 0 bridgehead atoms. The van der Waals surface area contributed by atoms with Crippen molar-refractivity contribution >= 4 is 23.2 Å². The van der Waals surface area contributed by atoms with Crippen molar-refractivity contribution in [1.82, 2.24) is 14.0 Å². The fourth-order valence-corrected chi connectivity index (χ4v) is 3.20. The minimum atomic E-state index is 0.256. The van der Waals surface area contributed by atoms with Crippen molar-refractivity contribution in [3.8, 4) is 17.0 Å². The van der Waals surface area contributed by atoms with Crippen LogP contribution in [0.4, 0.5) is 11.6 Å². The number of aromatic nitrogens is 2. The van der Waals surface area contributed by atoms with Gasteiger partial charge in [-0.05, 0) is 42.5 Å². The van der Waals surface area contributed by atoms with Crippen LogP contribution in [0.2, 0.25) is 5.02 Å². The average Bonchev–Trinajstić information content (AvgIpc) is 3.02. The van der Waals surface area contributed by atoms with Gasteiger partial charge in [0.25, 0.3) is 0 Å². The van der Waals surface area contributed by atoms with Crippen LogP contribution in [-0.2, 0) is 6.54 Å². The first kappa shape index (κ1) is 15.0. The number of nitrogens with zero attached hydrogens (tertiary/aromatic N) is 3. The van der Waals surface area contributed by atoms with Crippen molar-refractivity contribution in [1.29, 1.82) is 0 Å². The molecule has 1 atom stereocenters. The van der Waals surface area contributed by atoms with Crippen LogP contribution < -0.4 is 4.48 Å². The standard InChI is InChI=1S/C19H16ClN3O/c1-23(16-7-5-15(20)6-8-16)12-2-11-22-13-18(21-19(22)23)14-3-9-17(24)10-4-14/h2-10,12-13H,11H2,1H3/p+1. The lowest BCUT2D eigenvalue weighted by atomic mass is 10.2. The van der Waals surface area contributed by atoms with Gasteiger partial charge >= 0.3 is 5.95 Å². The zero-order chi connectivity index (χ0) is 16.7. The summed E-state index contributed by atoms with van der Waals surface area (Å²) in [6.45, 7) is 0.793. The molecule has 4 nitrogen and oxygen atoms in total. The maximum Gasteiger partial charge on any atom is 0.319 e. The van der Waals surface area contributed by atoms with E-state index in [9.17, 15) is 5.11 Å². The van der Waals surface area contributed by atoms with E-state index < -0.39 is 0 Å². The Bertz CT molecular complexity index is 913. The molecule has 1 unspecified atom stereocenters. The van der Waals surface area contributed by atoms with E-state index in [1.54, 1.807) is 12.1 Å². The number of fused-ring (bicyclic) bond motifs is 1. The van der Waals surface area contributed by atoms with Crippen LogP contribution in [0.5, 0.6) is 5.75 Å². The summed E-state index contributed by atoms with van der Waals surface area (Å²) in [4.78, 5) is 4.87. The van der Waals surface area contributed by atoms with E-state index >= 15 is 0 Å². The highest BCUT2D eigenvalue weighted by molar-refractivity contribution is 6.30. The van der Waals surface area contributed by atoms with E-state index in [0.29, 0.717) is 4.48 Å². The molecule has 120 valence electrons. The van der Waals surface area contributed by atoms with Gasteiger partial charge in [0.05, 0.1) is 19.3 Å². The van der Waals surface area contributed by atoms with E-state index in [2.05, 4.69) is 30.1 Å². The summed E-state index contributed by atoms with van der Waals surface area (Å²) in [6, 6.07) is 15.0. The Balaban J connectivity index is 1.81. The third-order valence-corrected chi connectivity index (χ3v) is 4.65. The molecule has 0 radical (unpaired) electrons. The minimum absolute atomic E-state index is 0.256. The molecule has 3 aromatic rings. The SMILES string of the molecule is C[N+]1(c2ccc(Cl)cc2)C=CCn2cc(-c3ccc(O)cc3)nc21. The van der Waals surface area contributed by atoms with Gasteiger partial charge in [0.1, 0.15) is 17.6 Å². The van der Waals surface area contributed by atoms with Crippen LogP contribution >= 0.6 is 11.6 Å². The van der Waals surface area contributed by atoms with Crippen LogP contribution in [0.1, 0.15) is 0 Å². The van der Waals surface area contributed by atoms with Crippen molar-refractivity contribution in [2.45, 2.75) is 6.54 Å². The average molecular weight is 339 g/mol. The zero-order valence-corrected chi connectivity index (χ0v) is 14.0. The predicted octanol–water partition coefficient (Wildman–Crippen LogP) is 4.71. The summed E-state index contributed by atoms with van der Waals surface area (Å²) in [7, 11) is 2.11. The highest BCUT2D eigenvalue weighted by Gasteiger charge is 2.34. The van der Waals surface area contributed by atoms with Crippen molar-refractivity contribution in [3.05, 3.63) is 72.0 Å². The topological polar surface area (TPSA) is 38.0 Å². The largest absolute Gasteiger partial charge is 0.508 e. The van der Waals surface area contributed by atoms with Crippen LogP contribution in [0.15, 0.2) is 67.0 Å². The molecule has 0 amide bonds. The van der Waals surface area contributed by atoms with E-state index in [1.165, 1.54) is 0 Å². The number of aromatic hydroxyl groups is 1. The molecule has 0 saturated heterocycles. The molecule has 5 heteroatoms. The highest BCUT2D eigenvalue weighted by atomic mass is 35.5. The molecular weight excluding hydrogens is 322 g/mol. The van der Waals surface area contributed by atoms with Gasteiger partial charge in [-0.25, -0.2) is 4.48 Å². The van der Waals surface area contributed by atoms with Gasteiger partial charge in [-0.2, -0.15) is 4.98 Å². The van der Waals surface area contributed by atoms with Gasteiger partial charge < -0.3 is 5.11 Å². The summed E-state index contributed by atoms with van der Waals surface area (Å²) in [6.07, 6.45) is 6.34. The Kier molecular flexibility index (Phi) is 3.44.